The fraction of sp³-hybridized carbons (Fsp3) is 0.333. The van der Waals surface area contributed by atoms with E-state index in [0.717, 1.165) is 23.5 Å². The molecular weight excluding hydrogens is 136 g/mol. The molecule has 2 heteroatoms. The van der Waals surface area contributed by atoms with E-state index < -0.39 is 0 Å². The average Bonchev–Trinajstić information content (AvgIpc) is 1.99. The Kier molecular flexibility index (Phi) is 2.36. The van der Waals surface area contributed by atoms with Crippen LogP contribution in [0.5, 0.6) is 0 Å². The van der Waals surface area contributed by atoms with Crippen LogP contribution in [-0.2, 0) is 0 Å². The highest BCUT2D eigenvalue weighted by Gasteiger charge is 1.97. The van der Waals surface area contributed by atoms with Crippen molar-refractivity contribution in [3.8, 4) is 0 Å². The molecule has 1 aromatic rings. The molecule has 0 saturated heterocycles. The number of nitrogens with one attached hydrogen (secondary N) is 1. The number of nitrogens with two attached hydrogens (primary N) is 1. The van der Waals surface area contributed by atoms with Crippen molar-refractivity contribution in [1.29, 1.82) is 0 Å². The summed E-state index contributed by atoms with van der Waals surface area (Å²) < 4.78 is 0. The van der Waals surface area contributed by atoms with Crippen molar-refractivity contribution in [2.75, 3.05) is 17.6 Å². The van der Waals surface area contributed by atoms with Crippen molar-refractivity contribution < 1.29 is 0 Å². The molecule has 0 aliphatic heterocycles. The molecule has 0 unspecified atom stereocenters. The van der Waals surface area contributed by atoms with Crippen molar-refractivity contribution in [3.63, 3.8) is 0 Å². The van der Waals surface area contributed by atoms with Crippen LogP contribution in [0.15, 0.2) is 18.2 Å². The molecule has 0 heterocycles. The highest BCUT2D eigenvalue weighted by atomic mass is 14.9. The Morgan fingerprint density at radius 3 is 2.82 bits per heavy atom. The molecule has 0 aliphatic rings. The van der Waals surface area contributed by atoms with Gasteiger partial charge < -0.3 is 11.1 Å². The first-order valence-electron chi connectivity index (χ1n) is 3.84. The third-order valence-electron chi connectivity index (χ3n) is 1.69. The van der Waals surface area contributed by atoms with Crippen molar-refractivity contribution in [1.82, 2.24) is 0 Å². The van der Waals surface area contributed by atoms with Gasteiger partial charge in [-0.2, -0.15) is 0 Å². The molecule has 0 bridgehead atoms. The van der Waals surface area contributed by atoms with Gasteiger partial charge in [0.15, 0.2) is 0 Å². The number of anilines is 2. The molecule has 0 aliphatic carbocycles. The number of rotatable bonds is 2. The van der Waals surface area contributed by atoms with Gasteiger partial charge in [0.2, 0.25) is 0 Å². The Morgan fingerprint density at radius 1 is 1.45 bits per heavy atom. The van der Waals surface area contributed by atoms with Crippen molar-refractivity contribution >= 4 is 11.4 Å². The summed E-state index contributed by atoms with van der Waals surface area (Å²) in [5.74, 6) is 0. The van der Waals surface area contributed by atoms with Gasteiger partial charge in [0.25, 0.3) is 0 Å². The lowest BCUT2D eigenvalue weighted by Gasteiger charge is -2.08. The first-order valence-corrected chi connectivity index (χ1v) is 3.84. The SMILES string of the molecule is CCNc1cccc(C)c1N. The predicted molar refractivity (Wildman–Crippen MR) is 49.8 cm³/mol. The lowest BCUT2D eigenvalue weighted by atomic mass is 10.2. The maximum Gasteiger partial charge on any atom is 0.0579 e. The van der Waals surface area contributed by atoms with Gasteiger partial charge in [0.1, 0.15) is 0 Å². The number of para-hydroxylation sites is 1. The summed E-state index contributed by atoms with van der Waals surface area (Å²) in [6, 6.07) is 6.01. The smallest absolute Gasteiger partial charge is 0.0579 e. The highest BCUT2D eigenvalue weighted by molar-refractivity contribution is 5.69. The zero-order valence-corrected chi connectivity index (χ0v) is 7.02. The maximum atomic E-state index is 5.81. The molecule has 0 radical (unpaired) electrons. The van der Waals surface area contributed by atoms with Crippen molar-refractivity contribution in [2.24, 2.45) is 0 Å². The van der Waals surface area contributed by atoms with E-state index >= 15 is 0 Å². The average molecular weight is 150 g/mol. The minimum absolute atomic E-state index is 0.856. The topological polar surface area (TPSA) is 38.0 Å². The maximum absolute atomic E-state index is 5.81. The minimum atomic E-state index is 0.856. The monoisotopic (exact) mass is 150 g/mol. The normalized spacial score (nSPS) is 9.64. The van der Waals surface area contributed by atoms with Gasteiger partial charge >= 0.3 is 0 Å². The van der Waals surface area contributed by atoms with E-state index in [4.69, 9.17) is 5.73 Å². The van der Waals surface area contributed by atoms with Crippen LogP contribution < -0.4 is 11.1 Å². The third-order valence-corrected chi connectivity index (χ3v) is 1.69. The summed E-state index contributed by atoms with van der Waals surface area (Å²) in [7, 11) is 0. The number of hydrogen-bond donors (Lipinski definition) is 2. The number of hydrogen-bond acceptors (Lipinski definition) is 2. The van der Waals surface area contributed by atoms with E-state index in [0.29, 0.717) is 0 Å². The highest BCUT2D eigenvalue weighted by Crippen LogP contribution is 2.20. The Balaban J connectivity index is 2.96. The summed E-state index contributed by atoms with van der Waals surface area (Å²) in [5.41, 5.74) is 8.82. The van der Waals surface area contributed by atoms with Gasteiger partial charge in [-0.3, -0.25) is 0 Å². The quantitative estimate of drug-likeness (QED) is 0.633. The van der Waals surface area contributed by atoms with Crippen LogP contribution in [0.25, 0.3) is 0 Å². The zero-order valence-electron chi connectivity index (χ0n) is 7.02. The lowest BCUT2D eigenvalue weighted by Crippen LogP contribution is -2.01. The molecule has 60 valence electrons. The number of aryl methyl sites for hydroxylation is 1. The van der Waals surface area contributed by atoms with Crippen LogP contribution in [0.1, 0.15) is 12.5 Å². The summed E-state index contributed by atoms with van der Waals surface area (Å²) in [4.78, 5) is 0. The van der Waals surface area contributed by atoms with Crippen molar-refractivity contribution in [2.45, 2.75) is 13.8 Å². The lowest BCUT2D eigenvalue weighted by molar-refractivity contribution is 1.21. The largest absolute Gasteiger partial charge is 0.397 e. The number of benzene rings is 1. The molecule has 2 nitrogen and oxygen atoms in total. The van der Waals surface area contributed by atoms with E-state index in [1.807, 2.05) is 25.1 Å². The molecule has 3 N–H and O–H groups in total. The fourth-order valence-corrected chi connectivity index (χ4v) is 1.03. The second-order valence-corrected chi connectivity index (χ2v) is 2.57. The van der Waals surface area contributed by atoms with Crippen LogP contribution in [0, 0.1) is 6.92 Å². The van der Waals surface area contributed by atoms with Crippen LogP contribution in [0.4, 0.5) is 11.4 Å². The number of nitrogen functional groups attached to an aromatic ring is 1. The summed E-state index contributed by atoms with van der Waals surface area (Å²) in [5, 5.41) is 3.19. The molecule has 0 amide bonds. The molecule has 1 rings (SSSR count). The second-order valence-electron chi connectivity index (χ2n) is 2.57. The van der Waals surface area contributed by atoms with Crippen LogP contribution >= 0.6 is 0 Å². The molecule has 0 atom stereocenters. The summed E-state index contributed by atoms with van der Waals surface area (Å²) >= 11 is 0. The minimum Gasteiger partial charge on any atom is -0.397 e. The van der Waals surface area contributed by atoms with Gasteiger partial charge in [-0.05, 0) is 25.5 Å². The Hall–Kier alpha value is -1.18. The van der Waals surface area contributed by atoms with Crippen LogP contribution in [0.2, 0.25) is 0 Å². The molecule has 0 saturated carbocycles. The molecular formula is C9H14N2. The van der Waals surface area contributed by atoms with Crippen molar-refractivity contribution in [3.05, 3.63) is 23.8 Å². The summed E-state index contributed by atoms with van der Waals surface area (Å²) in [6.07, 6.45) is 0. The molecule has 0 spiro atoms. The van der Waals surface area contributed by atoms with Gasteiger partial charge in [-0.15, -0.1) is 0 Å². The van der Waals surface area contributed by atoms with E-state index in [9.17, 15) is 0 Å². The predicted octanol–water partition coefficient (Wildman–Crippen LogP) is 2.01. The third kappa shape index (κ3) is 1.64. The Bertz CT molecular complexity index is 243. The zero-order chi connectivity index (χ0) is 8.27. The molecule has 1 aromatic carbocycles. The molecule has 11 heavy (non-hydrogen) atoms. The molecule has 0 fully saturated rings. The van der Waals surface area contributed by atoms with Gasteiger partial charge in [-0.25, -0.2) is 0 Å². The summed E-state index contributed by atoms with van der Waals surface area (Å²) in [6.45, 7) is 4.98. The van der Waals surface area contributed by atoms with E-state index in [2.05, 4.69) is 12.2 Å². The van der Waals surface area contributed by atoms with E-state index in [1.54, 1.807) is 0 Å². The standard InChI is InChI=1S/C9H14N2/c1-3-11-8-6-4-5-7(2)9(8)10/h4-6,11H,3,10H2,1-2H3. The van der Waals surface area contributed by atoms with Gasteiger partial charge in [-0.1, -0.05) is 12.1 Å². The van der Waals surface area contributed by atoms with Gasteiger partial charge in [0.05, 0.1) is 11.4 Å². The second kappa shape index (κ2) is 3.28. The first-order chi connectivity index (χ1) is 5.25. The first kappa shape index (κ1) is 7.92. The molecule has 0 aromatic heterocycles. The van der Waals surface area contributed by atoms with Gasteiger partial charge in [0, 0.05) is 6.54 Å². The Morgan fingerprint density at radius 2 is 2.18 bits per heavy atom. The van der Waals surface area contributed by atoms with Crippen LogP contribution in [0.3, 0.4) is 0 Å². The fourth-order valence-electron chi connectivity index (χ4n) is 1.03. The van der Waals surface area contributed by atoms with Crippen LogP contribution in [-0.4, -0.2) is 6.54 Å². The van der Waals surface area contributed by atoms with E-state index in [-0.39, 0.29) is 0 Å². The Labute approximate surface area is 67.4 Å². The van der Waals surface area contributed by atoms with E-state index in [1.165, 1.54) is 0 Å².